The Hall–Kier alpha value is -3.77. The average Bonchev–Trinajstić information content (AvgIpc) is 2.83. The highest BCUT2D eigenvalue weighted by molar-refractivity contribution is 6.30. The van der Waals surface area contributed by atoms with Crippen LogP contribution >= 0.6 is 11.6 Å². The van der Waals surface area contributed by atoms with Gasteiger partial charge in [-0.05, 0) is 60.5 Å². The molecule has 3 aromatic carbocycles. The number of para-hydroxylation sites is 2. The second-order valence-corrected chi connectivity index (χ2v) is 7.52. The zero-order valence-corrected chi connectivity index (χ0v) is 19.0. The highest BCUT2D eigenvalue weighted by atomic mass is 35.5. The number of esters is 1. The van der Waals surface area contributed by atoms with E-state index in [-0.39, 0.29) is 0 Å². The fraction of sp³-hybridized carbons (Fsp3) is 0.154. The van der Waals surface area contributed by atoms with Crippen molar-refractivity contribution in [2.45, 2.75) is 19.6 Å². The average molecular weight is 466 g/mol. The number of rotatable bonds is 9. The summed E-state index contributed by atoms with van der Waals surface area (Å²) in [5, 5.41) is 3.37. The lowest BCUT2D eigenvalue weighted by molar-refractivity contribution is -0.148. The van der Waals surface area contributed by atoms with Crippen LogP contribution in [0.1, 0.15) is 18.1 Å². The highest BCUT2D eigenvalue weighted by Gasteiger charge is 2.18. The van der Waals surface area contributed by atoms with Gasteiger partial charge in [-0.3, -0.25) is 4.79 Å². The number of carbonyl (C=O) groups excluding carboxylic acids is 2. The van der Waals surface area contributed by atoms with Gasteiger partial charge in [-0.15, -0.1) is 0 Å². The van der Waals surface area contributed by atoms with Crippen LogP contribution in [0, 0.1) is 0 Å². The van der Waals surface area contributed by atoms with Gasteiger partial charge < -0.3 is 19.5 Å². The SMILES string of the molecule is COc1ccccc1NC(=O)C(C)OC(=O)/C=C/c1ccc(OCc2ccc(Cl)cc2)cc1. The first-order valence-electron chi connectivity index (χ1n) is 10.2. The van der Waals surface area contributed by atoms with E-state index in [0.29, 0.717) is 28.8 Å². The molecule has 0 aliphatic heterocycles. The topological polar surface area (TPSA) is 73.9 Å². The van der Waals surface area contributed by atoms with Gasteiger partial charge in [-0.2, -0.15) is 0 Å². The number of anilines is 1. The van der Waals surface area contributed by atoms with Crippen molar-refractivity contribution >= 4 is 35.2 Å². The Labute approximate surface area is 197 Å². The third kappa shape index (κ3) is 7.40. The van der Waals surface area contributed by atoms with Gasteiger partial charge in [-0.1, -0.05) is 48.0 Å². The first-order chi connectivity index (χ1) is 15.9. The molecule has 0 spiro atoms. The van der Waals surface area contributed by atoms with E-state index in [4.69, 9.17) is 25.8 Å². The molecule has 0 saturated carbocycles. The van der Waals surface area contributed by atoms with E-state index in [2.05, 4.69) is 5.32 Å². The number of amides is 1. The van der Waals surface area contributed by atoms with Crippen molar-refractivity contribution < 1.29 is 23.8 Å². The standard InChI is InChI=1S/C26H24ClNO5/c1-18(26(30)28-23-5-3-4-6-24(23)31-2)33-25(29)16-11-19-9-14-22(15-10-19)32-17-20-7-12-21(27)13-8-20/h3-16,18H,17H2,1-2H3,(H,28,30)/b16-11+. The smallest absolute Gasteiger partial charge is 0.331 e. The molecule has 0 aliphatic carbocycles. The van der Waals surface area contributed by atoms with Gasteiger partial charge in [0.2, 0.25) is 0 Å². The maximum absolute atomic E-state index is 12.3. The molecule has 1 unspecified atom stereocenters. The molecule has 6 nitrogen and oxygen atoms in total. The van der Waals surface area contributed by atoms with Crippen molar-refractivity contribution in [1.29, 1.82) is 0 Å². The van der Waals surface area contributed by atoms with Crippen LogP contribution in [0.2, 0.25) is 5.02 Å². The summed E-state index contributed by atoms with van der Waals surface area (Å²) in [4.78, 5) is 24.4. The van der Waals surface area contributed by atoms with Gasteiger partial charge in [0.25, 0.3) is 5.91 Å². The Morgan fingerprint density at radius 3 is 2.39 bits per heavy atom. The number of ether oxygens (including phenoxy) is 3. The molecule has 1 amide bonds. The van der Waals surface area contributed by atoms with Crippen molar-refractivity contribution in [2.75, 3.05) is 12.4 Å². The molecule has 0 aliphatic rings. The molecule has 0 radical (unpaired) electrons. The third-order valence-electron chi connectivity index (χ3n) is 4.64. The Kier molecular flexibility index (Phi) is 8.49. The third-order valence-corrected chi connectivity index (χ3v) is 4.89. The normalized spacial score (nSPS) is 11.6. The van der Waals surface area contributed by atoms with Crippen LogP contribution in [-0.4, -0.2) is 25.1 Å². The number of carbonyl (C=O) groups is 2. The van der Waals surface area contributed by atoms with E-state index in [1.54, 1.807) is 30.3 Å². The number of hydrogen-bond acceptors (Lipinski definition) is 5. The predicted molar refractivity (Wildman–Crippen MR) is 128 cm³/mol. The van der Waals surface area contributed by atoms with Crippen molar-refractivity contribution in [2.24, 2.45) is 0 Å². The fourth-order valence-corrected chi connectivity index (χ4v) is 2.96. The number of hydrogen-bond donors (Lipinski definition) is 1. The summed E-state index contributed by atoms with van der Waals surface area (Å²) in [7, 11) is 1.51. The summed E-state index contributed by atoms with van der Waals surface area (Å²) in [6, 6.07) is 21.7. The van der Waals surface area contributed by atoms with Crippen LogP contribution in [0.4, 0.5) is 5.69 Å². The Morgan fingerprint density at radius 1 is 1.00 bits per heavy atom. The van der Waals surface area contributed by atoms with E-state index in [1.807, 2.05) is 48.5 Å². The molecule has 1 N–H and O–H groups in total. The molecule has 33 heavy (non-hydrogen) atoms. The first kappa shape index (κ1) is 23.9. The van der Waals surface area contributed by atoms with Gasteiger partial charge in [-0.25, -0.2) is 4.79 Å². The van der Waals surface area contributed by atoms with Crippen LogP contribution in [0.3, 0.4) is 0 Å². The summed E-state index contributed by atoms with van der Waals surface area (Å²) in [5.74, 6) is 0.139. The molecule has 0 heterocycles. The number of nitrogens with one attached hydrogen (secondary N) is 1. The molecule has 1 atom stereocenters. The molecule has 0 aromatic heterocycles. The lowest BCUT2D eigenvalue weighted by atomic mass is 10.2. The lowest BCUT2D eigenvalue weighted by Crippen LogP contribution is -2.29. The minimum absolute atomic E-state index is 0.424. The van der Waals surface area contributed by atoms with Gasteiger partial charge in [0.1, 0.15) is 18.1 Å². The summed E-state index contributed by atoms with van der Waals surface area (Å²) in [6.45, 7) is 1.93. The Morgan fingerprint density at radius 2 is 1.70 bits per heavy atom. The number of benzene rings is 3. The molecule has 7 heteroatoms. The van der Waals surface area contributed by atoms with Gasteiger partial charge in [0.15, 0.2) is 6.10 Å². The van der Waals surface area contributed by atoms with Crippen LogP contribution in [-0.2, 0) is 20.9 Å². The maximum Gasteiger partial charge on any atom is 0.331 e. The molecule has 170 valence electrons. The van der Waals surface area contributed by atoms with Crippen LogP contribution in [0.5, 0.6) is 11.5 Å². The van der Waals surface area contributed by atoms with Crippen LogP contribution in [0.15, 0.2) is 78.9 Å². The molecule has 0 bridgehead atoms. The maximum atomic E-state index is 12.3. The number of halogens is 1. The van der Waals surface area contributed by atoms with E-state index < -0.39 is 18.0 Å². The van der Waals surface area contributed by atoms with E-state index >= 15 is 0 Å². The molecule has 0 saturated heterocycles. The van der Waals surface area contributed by atoms with E-state index in [9.17, 15) is 9.59 Å². The Balaban J connectivity index is 1.48. The molecule has 0 fully saturated rings. The van der Waals surface area contributed by atoms with Crippen molar-refractivity contribution in [3.63, 3.8) is 0 Å². The lowest BCUT2D eigenvalue weighted by Gasteiger charge is -2.14. The van der Waals surface area contributed by atoms with Crippen molar-refractivity contribution in [3.05, 3.63) is 95.0 Å². The van der Waals surface area contributed by atoms with Gasteiger partial charge >= 0.3 is 5.97 Å². The fourth-order valence-electron chi connectivity index (χ4n) is 2.84. The molecular formula is C26H24ClNO5. The summed E-state index contributed by atoms with van der Waals surface area (Å²) in [6.07, 6.45) is 1.91. The van der Waals surface area contributed by atoms with E-state index in [1.165, 1.54) is 20.1 Å². The zero-order chi connectivity index (χ0) is 23.6. The van der Waals surface area contributed by atoms with Gasteiger partial charge in [0.05, 0.1) is 12.8 Å². The Bertz CT molecular complexity index is 1110. The second-order valence-electron chi connectivity index (χ2n) is 7.09. The zero-order valence-electron chi connectivity index (χ0n) is 18.3. The summed E-state index contributed by atoms with van der Waals surface area (Å²) >= 11 is 5.88. The molecule has 3 aromatic rings. The monoisotopic (exact) mass is 465 g/mol. The summed E-state index contributed by atoms with van der Waals surface area (Å²) in [5.41, 5.74) is 2.30. The summed E-state index contributed by atoms with van der Waals surface area (Å²) < 4.78 is 16.1. The first-order valence-corrected chi connectivity index (χ1v) is 10.6. The predicted octanol–water partition coefficient (Wildman–Crippen LogP) is 5.51. The van der Waals surface area contributed by atoms with Crippen LogP contribution in [0.25, 0.3) is 6.08 Å². The van der Waals surface area contributed by atoms with E-state index in [0.717, 1.165) is 11.1 Å². The van der Waals surface area contributed by atoms with Gasteiger partial charge in [0, 0.05) is 11.1 Å². The minimum atomic E-state index is -0.976. The quantitative estimate of drug-likeness (QED) is 0.333. The second kappa shape index (κ2) is 11.7. The van der Waals surface area contributed by atoms with Crippen LogP contribution < -0.4 is 14.8 Å². The van der Waals surface area contributed by atoms with Crippen molar-refractivity contribution in [3.8, 4) is 11.5 Å². The highest BCUT2D eigenvalue weighted by Crippen LogP contribution is 2.23. The molecule has 3 rings (SSSR count). The number of methoxy groups -OCH3 is 1. The minimum Gasteiger partial charge on any atom is -0.495 e. The molecular weight excluding hydrogens is 442 g/mol. The van der Waals surface area contributed by atoms with Crippen molar-refractivity contribution in [1.82, 2.24) is 0 Å². The largest absolute Gasteiger partial charge is 0.495 e.